The number of carbonyl (C=O) groups excluding carboxylic acids is 2. The van der Waals surface area contributed by atoms with E-state index in [-0.39, 0.29) is 18.2 Å². The Morgan fingerprint density at radius 2 is 1.89 bits per heavy atom. The zero-order chi connectivity index (χ0) is 20.1. The number of nitrogens with one attached hydrogen (secondary N) is 2. The van der Waals surface area contributed by atoms with Crippen LogP contribution in [0.25, 0.3) is 10.4 Å². The molecule has 144 valence electrons. The van der Waals surface area contributed by atoms with Crippen LogP contribution >= 0.6 is 11.3 Å². The Morgan fingerprint density at radius 1 is 1.11 bits per heavy atom. The van der Waals surface area contributed by atoms with Crippen LogP contribution in [0.15, 0.2) is 60.0 Å². The van der Waals surface area contributed by atoms with Crippen molar-refractivity contribution in [3.63, 3.8) is 0 Å². The maximum Gasteiger partial charge on any atom is 0.255 e. The Labute approximate surface area is 167 Å². The van der Waals surface area contributed by atoms with Crippen molar-refractivity contribution in [2.75, 3.05) is 18.1 Å². The number of benzene rings is 2. The molecule has 0 saturated heterocycles. The van der Waals surface area contributed by atoms with Crippen molar-refractivity contribution in [2.45, 2.75) is 12.5 Å². The fraction of sp³-hybridized carbons (Fsp3) is 0.143. The first-order chi connectivity index (χ1) is 13.5. The normalized spacial score (nSPS) is 11.6. The Balaban J connectivity index is 1.84. The van der Waals surface area contributed by atoms with E-state index in [9.17, 15) is 9.59 Å². The van der Waals surface area contributed by atoms with Gasteiger partial charge < -0.3 is 22.1 Å². The van der Waals surface area contributed by atoms with Crippen molar-refractivity contribution >= 4 is 34.5 Å². The second kappa shape index (κ2) is 8.69. The number of likely N-dealkylation sites (N-methyl/N-ethyl adjacent to an activating group) is 1. The number of carbonyl (C=O) groups is 2. The summed E-state index contributed by atoms with van der Waals surface area (Å²) in [5.74, 6) is -0.571. The summed E-state index contributed by atoms with van der Waals surface area (Å²) in [6, 6.07) is 15.9. The van der Waals surface area contributed by atoms with Crippen LogP contribution in [0, 0.1) is 0 Å². The molecule has 7 heteroatoms. The van der Waals surface area contributed by atoms with Gasteiger partial charge in [0.2, 0.25) is 5.91 Å². The fourth-order valence-corrected chi connectivity index (χ4v) is 3.61. The summed E-state index contributed by atoms with van der Waals surface area (Å²) in [4.78, 5) is 25.7. The number of nitrogens with two attached hydrogens (primary N) is 2. The smallest absolute Gasteiger partial charge is 0.255 e. The third-order valence-electron chi connectivity index (χ3n) is 4.39. The van der Waals surface area contributed by atoms with E-state index in [0.717, 1.165) is 10.4 Å². The van der Waals surface area contributed by atoms with Gasteiger partial charge in [-0.05, 0) is 47.2 Å². The molecule has 1 heterocycles. The molecule has 0 aliphatic rings. The molecule has 0 spiro atoms. The van der Waals surface area contributed by atoms with E-state index in [1.54, 1.807) is 35.6 Å². The molecule has 0 fully saturated rings. The largest absolute Gasteiger partial charge is 0.397 e. The molecule has 0 saturated carbocycles. The van der Waals surface area contributed by atoms with Crippen LogP contribution in [-0.4, -0.2) is 24.9 Å². The number of thiophene rings is 1. The number of anilines is 2. The van der Waals surface area contributed by atoms with Crippen LogP contribution in [0.4, 0.5) is 11.4 Å². The van der Waals surface area contributed by atoms with E-state index in [2.05, 4.69) is 10.6 Å². The van der Waals surface area contributed by atoms with Crippen LogP contribution in [0.3, 0.4) is 0 Å². The van der Waals surface area contributed by atoms with Gasteiger partial charge in [-0.1, -0.05) is 30.3 Å². The molecule has 0 unspecified atom stereocenters. The average Bonchev–Trinajstić information content (AvgIpc) is 3.24. The first kappa shape index (κ1) is 19.6. The predicted molar refractivity (Wildman–Crippen MR) is 114 cm³/mol. The van der Waals surface area contributed by atoms with Crippen molar-refractivity contribution in [1.82, 2.24) is 5.32 Å². The number of amides is 2. The van der Waals surface area contributed by atoms with E-state index in [4.69, 9.17) is 11.5 Å². The first-order valence-corrected chi connectivity index (χ1v) is 9.67. The van der Waals surface area contributed by atoms with Crippen LogP contribution in [0.1, 0.15) is 15.9 Å². The topological polar surface area (TPSA) is 110 Å². The minimum absolute atomic E-state index is 0.258. The second-order valence-electron chi connectivity index (χ2n) is 6.32. The summed E-state index contributed by atoms with van der Waals surface area (Å²) >= 11 is 1.61. The van der Waals surface area contributed by atoms with Crippen molar-refractivity contribution in [3.05, 3.63) is 71.1 Å². The summed E-state index contributed by atoms with van der Waals surface area (Å²) in [5.41, 5.74) is 15.1. The van der Waals surface area contributed by atoms with E-state index in [1.807, 2.05) is 35.7 Å². The third kappa shape index (κ3) is 4.39. The minimum Gasteiger partial charge on any atom is -0.397 e. The molecular weight excluding hydrogens is 372 g/mol. The zero-order valence-electron chi connectivity index (χ0n) is 15.4. The first-order valence-electron chi connectivity index (χ1n) is 8.79. The highest BCUT2D eigenvalue weighted by atomic mass is 32.1. The van der Waals surface area contributed by atoms with Gasteiger partial charge in [-0.15, -0.1) is 11.3 Å². The lowest BCUT2D eigenvalue weighted by atomic mass is 9.99. The van der Waals surface area contributed by atoms with Gasteiger partial charge in [0, 0.05) is 17.5 Å². The number of hydrogen-bond acceptors (Lipinski definition) is 5. The molecule has 1 aromatic heterocycles. The standard InChI is InChI=1S/C21H22N4O2S/c1-24-21(27)17(23)11-13-5-2-3-6-15(13)20(26)25-18-12-14(8-9-16(18)22)19-7-4-10-28-19/h2-10,12,17H,11,22-23H2,1H3,(H,24,27)(H,25,26)/t17-/m0/s1. The molecule has 0 aliphatic carbocycles. The third-order valence-corrected chi connectivity index (χ3v) is 5.31. The van der Waals surface area contributed by atoms with Crippen LogP contribution in [0.2, 0.25) is 0 Å². The highest BCUT2D eigenvalue weighted by Gasteiger charge is 2.18. The van der Waals surface area contributed by atoms with Gasteiger partial charge >= 0.3 is 0 Å². The predicted octanol–water partition coefficient (Wildman–Crippen LogP) is 2.87. The SMILES string of the molecule is CNC(=O)[C@@H](N)Cc1ccccc1C(=O)Nc1cc(-c2cccs2)ccc1N. The molecule has 0 aliphatic heterocycles. The van der Waals surface area contributed by atoms with Gasteiger partial charge in [0.15, 0.2) is 0 Å². The van der Waals surface area contributed by atoms with Gasteiger partial charge in [0.25, 0.3) is 5.91 Å². The molecule has 3 aromatic rings. The molecular formula is C21H22N4O2S. The van der Waals surface area contributed by atoms with Crippen LogP contribution in [-0.2, 0) is 11.2 Å². The monoisotopic (exact) mass is 394 g/mol. The van der Waals surface area contributed by atoms with E-state index >= 15 is 0 Å². The minimum atomic E-state index is -0.730. The molecule has 3 rings (SSSR count). The van der Waals surface area contributed by atoms with E-state index < -0.39 is 6.04 Å². The molecule has 2 amide bonds. The van der Waals surface area contributed by atoms with Gasteiger partial charge in [-0.2, -0.15) is 0 Å². The quantitative estimate of drug-likeness (QED) is 0.482. The molecule has 0 bridgehead atoms. The van der Waals surface area contributed by atoms with Crippen LogP contribution in [0.5, 0.6) is 0 Å². The van der Waals surface area contributed by atoms with Gasteiger partial charge in [-0.3, -0.25) is 9.59 Å². The molecule has 0 radical (unpaired) electrons. The fourth-order valence-electron chi connectivity index (χ4n) is 2.89. The maximum absolute atomic E-state index is 12.9. The van der Waals surface area contributed by atoms with Crippen molar-refractivity contribution in [1.29, 1.82) is 0 Å². The van der Waals surface area contributed by atoms with Crippen molar-refractivity contribution < 1.29 is 9.59 Å². The highest BCUT2D eigenvalue weighted by molar-refractivity contribution is 7.13. The molecule has 1 atom stereocenters. The van der Waals surface area contributed by atoms with Crippen LogP contribution < -0.4 is 22.1 Å². The van der Waals surface area contributed by atoms with Gasteiger partial charge in [0.1, 0.15) is 0 Å². The number of hydrogen-bond donors (Lipinski definition) is 4. The van der Waals surface area contributed by atoms with Gasteiger partial charge in [0.05, 0.1) is 17.4 Å². The summed E-state index contributed by atoms with van der Waals surface area (Å²) < 4.78 is 0. The lowest BCUT2D eigenvalue weighted by molar-refractivity contribution is -0.121. The summed E-state index contributed by atoms with van der Waals surface area (Å²) in [6.45, 7) is 0. The molecule has 6 N–H and O–H groups in total. The zero-order valence-corrected chi connectivity index (χ0v) is 16.3. The lowest BCUT2D eigenvalue weighted by Gasteiger charge is -2.15. The van der Waals surface area contributed by atoms with Crippen molar-refractivity contribution in [2.24, 2.45) is 5.73 Å². The van der Waals surface area contributed by atoms with E-state index in [1.165, 1.54) is 7.05 Å². The Kier molecular flexibility index (Phi) is 6.08. The molecule has 2 aromatic carbocycles. The van der Waals surface area contributed by atoms with Gasteiger partial charge in [-0.25, -0.2) is 0 Å². The van der Waals surface area contributed by atoms with Crippen molar-refractivity contribution in [3.8, 4) is 10.4 Å². The summed E-state index contributed by atoms with van der Waals surface area (Å²) in [7, 11) is 1.53. The summed E-state index contributed by atoms with van der Waals surface area (Å²) in [5, 5.41) is 7.40. The molecule has 28 heavy (non-hydrogen) atoms. The Hall–Kier alpha value is -3.16. The lowest BCUT2D eigenvalue weighted by Crippen LogP contribution is -2.40. The molecule has 6 nitrogen and oxygen atoms in total. The number of nitrogen functional groups attached to an aromatic ring is 1. The Morgan fingerprint density at radius 3 is 2.61 bits per heavy atom. The number of rotatable bonds is 6. The maximum atomic E-state index is 12.9. The second-order valence-corrected chi connectivity index (χ2v) is 7.26. The van der Waals surface area contributed by atoms with E-state index in [0.29, 0.717) is 22.5 Å². The average molecular weight is 395 g/mol. The summed E-state index contributed by atoms with van der Waals surface area (Å²) in [6.07, 6.45) is 0.258. The highest BCUT2D eigenvalue weighted by Crippen LogP contribution is 2.30. The Bertz CT molecular complexity index is 986.